The van der Waals surface area contributed by atoms with E-state index >= 15 is 0 Å². The monoisotopic (exact) mass is 270 g/mol. The van der Waals surface area contributed by atoms with Crippen LogP contribution in [0.5, 0.6) is 0 Å². The van der Waals surface area contributed by atoms with E-state index in [9.17, 15) is 0 Å². The summed E-state index contributed by atoms with van der Waals surface area (Å²) in [6.45, 7) is 14.4. The van der Waals surface area contributed by atoms with Crippen molar-refractivity contribution >= 4 is 0 Å². The van der Waals surface area contributed by atoms with Crippen molar-refractivity contribution in [3.05, 3.63) is 0 Å². The summed E-state index contributed by atoms with van der Waals surface area (Å²) in [5, 5.41) is 3.74. The highest BCUT2D eigenvalue weighted by Gasteiger charge is 2.29. The number of piperazine rings is 1. The standard InChI is InChI=1S/C16H34N2O/c1-5-9-15-13-18(10-8-11-19-7-3)16(12-17-15)14(4)6-2/h14-17H,5-13H2,1-4H3. The number of nitrogens with one attached hydrogen (secondary N) is 1. The molecule has 1 rings (SSSR count). The Morgan fingerprint density at radius 3 is 2.74 bits per heavy atom. The molecule has 0 saturated carbocycles. The highest BCUT2D eigenvalue weighted by Crippen LogP contribution is 2.19. The first-order valence-electron chi connectivity index (χ1n) is 8.28. The van der Waals surface area contributed by atoms with E-state index < -0.39 is 0 Å². The van der Waals surface area contributed by atoms with Crippen molar-refractivity contribution in [3.63, 3.8) is 0 Å². The lowest BCUT2D eigenvalue weighted by molar-refractivity contribution is 0.0713. The normalized spacial score (nSPS) is 26.5. The van der Waals surface area contributed by atoms with Gasteiger partial charge in [-0.3, -0.25) is 4.90 Å². The molecule has 1 fully saturated rings. The van der Waals surface area contributed by atoms with Crippen LogP contribution in [0.1, 0.15) is 53.4 Å². The van der Waals surface area contributed by atoms with Gasteiger partial charge in [0.05, 0.1) is 0 Å². The van der Waals surface area contributed by atoms with Gasteiger partial charge in [0, 0.05) is 44.9 Å². The summed E-state index contributed by atoms with van der Waals surface area (Å²) in [6, 6.07) is 1.40. The first-order valence-corrected chi connectivity index (χ1v) is 8.28. The number of nitrogens with zero attached hydrogens (tertiary/aromatic N) is 1. The highest BCUT2D eigenvalue weighted by atomic mass is 16.5. The van der Waals surface area contributed by atoms with Crippen LogP contribution < -0.4 is 5.32 Å². The molecule has 3 nitrogen and oxygen atoms in total. The van der Waals surface area contributed by atoms with Gasteiger partial charge >= 0.3 is 0 Å². The van der Waals surface area contributed by atoms with E-state index in [-0.39, 0.29) is 0 Å². The minimum absolute atomic E-state index is 0.692. The Kier molecular flexibility index (Phi) is 8.67. The smallest absolute Gasteiger partial charge is 0.0478 e. The van der Waals surface area contributed by atoms with Gasteiger partial charge in [-0.1, -0.05) is 33.6 Å². The zero-order chi connectivity index (χ0) is 14.1. The second-order valence-corrected chi connectivity index (χ2v) is 5.89. The molecule has 3 unspecified atom stereocenters. The van der Waals surface area contributed by atoms with Gasteiger partial charge in [0.15, 0.2) is 0 Å². The topological polar surface area (TPSA) is 24.5 Å². The van der Waals surface area contributed by atoms with Gasteiger partial charge < -0.3 is 10.1 Å². The molecule has 0 aromatic rings. The molecule has 0 radical (unpaired) electrons. The van der Waals surface area contributed by atoms with Crippen LogP contribution in [0, 0.1) is 5.92 Å². The number of hydrogen-bond donors (Lipinski definition) is 1. The van der Waals surface area contributed by atoms with E-state index in [1.807, 2.05) is 0 Å². The lowest BCUT2D eigenvalue weighted by Gasteiger charge is -2.43. The molecule has 0 aromatic carbocycles. The van der Waals surface area contributed by atoms with Crippen LogP contribution in [0.15, 0.2) is 0 Å². The van der Waals surface area contributed by atoms with Crippen molar-refractivity contribution in [2.45, 2.75) is 65.5 Å². The molecule has 19 heavy (non-hydrogen) atoms. The zero-order valence-electron chi connectivity index (χ0n) is 13.5. The number of ether oxygens (including phenoxy) is 1. The molecule has 0 amide bonds. The van der Waals surface area contributed by atoms with Gasteiger partial charge in [0.1, 0.15) is 0 Å². The summed E-state index contributed by atoms with van der Waals surface area (Å²) in [5.41, 5.74) is 0. The molecule has 0 spiro atoms. The average Bonchev–Trinajstić information content (AvgIpc) is 2.43. The Hall–Kier alpha value is -0.120. The molecule has 1 saturated heterocycles. The minimum Gasteiger partial charge on any atom is -0.382 e. The van der Waals surface area contributed by atoms with Crippen LogP contribution in [-0.2, 0) is 4.74 Å². The third kappa shape index (κ3) is 5.80. The van der Waals surface area contributed by atoms with E-state index in [2.05, 4.69) is 37.9 Å². The Bertz CT molecular complexity index is 223. The predicted molar refractivity (Wildman–Crippen MR) is 82.6 cm³/mol. The molecular formula is C16H34N2O. The molecule has 1 N–H and O–H groups in total. The van der Waals surface area contributed by atoms with Crippen molar-refractivity contribution in [1.82, 2.24) is 10.2 Å². The maximum atomic E-state index is 5.48. The summed E-state index contributed by atoms with van der Waals surface area (Å²) >= 11 is 0. The van der Waals surface area contributed by atoms with Crippen LogP contribution >= 0.6 is 0 Å². The van der Waals surface area contributed by atoms with Gasteiger partial charge in [0.2, 0.25) is 0 Å². The molecule has 3 heteroatoms. The maximum Gasteiger partial charge on any atom is 0.0478 e. The fourth-order valence-electron chi connectivity index (χ4n) is 3.05. The minimum atomic E-state index is 0.692. The van der Waals surface area contributed by atoms with E-state index in [0.717, 1.165) is 25.7 Å². The van der Waals surface area contributed by atoms with Crippen LogP contribution in [0.2, 0.25) is 0 Å². The van der Waals surface area contributed by atoms with Crippen molar-refractivity contribution in [1.29, 1.82) is 0 Å². The van der Waals surface area contributed by atoms with Crippen LogP contribution in [0.3, 0.4) is 0 Å². The van der Waals surface area contributed by atoms with E-state index in [4.69, 9.17) is 4.74 Å². The van der Waals surface area contributed by atoms with Gasteiger partial charge in [0.25, 0.3) is 0 Å². The fraction of sp³-hybridized carbons (Fsp3) is 1.00. The van der Waals surface area contributed by atoms with E-state index in [1.54, 1.807) is 0 Å². The molecule has 1 aliphatic rings. The predicted octanol–water partition coefficient (Wildman–Crippen LogP) is 2.90. The Balaban J connectivity index is 2.45. The molecule has 3 atom stereocenters. The Morgan fingerprint density at radius 2 is 2.11 bits per heavy atom. The lowest BCUT2D eigenvalue weighted by Crippen LogP contribution is -2.58. The summed E-state index contributed by atoms with van der Waals surface area (Å²) in [7, 11) is 0. The fourth-order valence-corrected chi connectivity index (χ4v) is 3.05. The number of hydrogen-bond acceptors (Lipinski definition) is 3. The van der Waals surface area contributed by atoms with Crippen LogP contribution in [0.25, 0.3) is 0 Å². The molecule has 1 aliphatic heterocycles. The SMILES string of the molecule is CCCC1CN(CCCOCC)C(C(C)CC)CN1. The van der Waals surface area contributed by atoms with E-state index in [1.165, 1.54) is 38.8 Å². The molecule has 0 aliphatic carbocycles. The Labute approximate surface area is 120 Å². The molecule has 114 valence electrons. The second kappa shape index (κ2) is 9.73. The first-order chi connectivity index (χ1) is 9.22. The van der Waals surface area contributed by atoms with Gasteiger partial charge in [-0.15, -0.1) is 0 Å². The van der Waals surface area contributed by atoms with Crippen molar-refractivity contribution in [2.75, 3.05) is 32.8 Å². The third-order valence-electron chi connectivity index (χ3n) is 4.42. The molecule has 1 heterocycles. The largest absolute Gasteiger partial charge is 0.382 e. The number of rotatable bonds is 9. The van der Waals surface area contributed by atoms with Crippen molar-refractivity contribution < 1.29 is 4.74 Å². The van der Waals surface area contributed by atoms with Gasteiger partial charge in [-0.05, 0) is 25.7 Å². The van der Waals surface area contributed by atoms with Crippen molar-refractivity contribution in [3.8, 4) is 0 Å². The highest BCUT2D eigenvalue weighted by molar-refractivity contribution is 4.88. The van der Waals surface area contributed by atoms with Crippen LogP contribution in [-0.4, -0.2) is 49.8 Å². The quantitative estimate of drug-likeness (QED) is 0.652. The second-order valence-electron chi connectivity index (χ2n) is 5.89. The summed E-state index contributed by atoms with van der Waals surface area (Å²) in [6.07, 6.45) is 5.01. The van der Waals surface area contributed by atoms with Crippen LogP contribution in [0.4, 0.5) is 0 Å². The third-order valence-corrected chi connectivity index (χ3v) is 4.42. The van der Waals surface area contributed by atoms with Gasteiger partial charge in [-0.25, -0.2) is 0 Å². The van der Waals surface area contributed by atoms with Gasteiger partial charge in [-0.2, -0.15) is 0 Å². The summed E-state index contributed by atoms with van der Waals surface area (Å²) in [5.74, 6) is 0.780. The lowest BCUT2D eigenvalue weighted by atomic mass is 9.93. The van der Waals surface area contributed by atoms with Crippen molar-refractivity contribution in [2.24, 2.45) is 5.92 Å². The van der Waals surface area contributed by atoms with E-state index in [0.29, 0.717) is 12.1 Å². The molecular weight excluding hydrogens is 236 g/mol. The molecule has 0 bridgehead atoms. The average molecular weight is 270 g/mol. The molecule has 0 aromatic heterocycles. The summed E-state index contributed by atoms with van der Waals surface area (Å²) in [4.78, 5) is 2.71. The zero-order valence-corrected chi connectivity index (χ0v) is 13.5. The summed E-state index contributed by atoms with van der Waals surface area (Å²) < 4.78 is 5.48. The first kappa shape index (κ1) is 16.9. The Morgan fingerprint density at radius 1 is 1.32 bits per heavy atom. The maximum absolute atomic E-state index is 5.48.